The number of esters is 1. The van der Waals surface area contributed by atoms with Crippen LogP contribution in [0.1, 0.15) is 45.1 Å². The van der Waals surface area contributed by atoms with E-state index in [-0.39, 0.29) is 24.3 Å². The number of benzene rings is 1. The second kappa shape index (κ2) is 8.71. The largest absolute Gasteiger partial charge is 0.466 e. The number of anilines is 1. The minimum absolute atomic E-state index is 0.0643. The van der Waals surface area contributed by atoms with Crippen LogP contribution in [0.3, 0.4) is 0 Å². The Morgan fingerprint density at radius 1 is 1.21 bits per heavy atom. The number of nitrogens with one attached hydrogen (secondary N) is 1. The monoisotopic (exact) mass is 332 g/mol. The molecule has 0 aliphatic carbocycles. The van der Waals surface area contributed by atoms with E-state index in [1.54, 1.807) is 0 Å². The number of carbonyl (C=O) groups is 2. The van der Waals surface area contributed by atoms with Gasteiger partial charge in [0, 0.05) is 18.8 Å². The molecule has 1 aliphatic heterocycles. The van der Waals surface area contributed by atoms with Crippen LogP contribution in [-0.4, -0.2) is 43.0 Å². The summed E-state index contributed by atoms with van der Waals surface area (Å²) < 4.78 is 5.05. The van der Waals surface area contributed by atoms with Crippen molar-refractivity contribution < 1.29 is 14.3 Å². The Morgan fingerprint density at radius 2 is 1.83 bits per heavy atom. The lowest BCUT2D eigenvalue weighted by Crippen LogP contribution is -2.43. The molecule has 1 aromatic carbocycles. The van der Waals surface area contributed by atoms with Crippen LogP contribution < -0.4 is 5.32 Å². The SMILES string of the molecule is CCOC(=O)C1CCN(C(=O)CNc2ccc(C(C)C)cc2)CC1. The lowest BCUT2D eigenvalue weighted by Gasteiger charge is -2.31. The molecule has 1 aliphatic rings. The van der Waals surface area contributed by atoms with Gasteiger partial charge in [-0.25, -0.2) is 0 Å². The van der Waals surface area contributed by atoms with E-state index >= 15 is 0 Å². The fraction of sp³-hybridized carbons (Fsp3) is 0.579. The number of nitrogens with zero attached hydrogens (tertiary/aromatic N) is 1. The first-order valence-electron chi connectivity index (χ1n) is 8.79. The van der Waals surface area contributed by atoms with E-state index in [1.165, 1.54) is 5.56 Å². The zero-order valence-electron chi connectivity index (χ0n) is 14.9. The molecule has 0 aromatic heterocycles. The number of likely N-dealkylation sites (tertiary alicyclic amines) is 1. The van der Waals surface area contributed by atoms with Crippen molar-refractivity contribution in [1.29, 1.82) is 0 Å². The molecule has 132 valence electrons. The molecule has 1 aromatic rings. The number of piperidine rings is 1. The van der Waals surface area contributed by atoms with Gasteiger partial charge in [0.05, 0.1) is 19.1 Å². The van der Waals surface area contributed by atoms with Crippen molar-refractivity contribution in [3.8, 4) is 0 Å². The van der Waals surface area contributed by atoms with E-state index < -0.39 is 0 Å². The minimum Gasteiger partial charge on any atom is -0.466 e. The van der Waals surface area contributed by atoms with Crippen molar-refractivity contribution in [2.45, 2.75) is 39.5 Å². The van der Waals surface area contributed by atoms with Gasteiger partial charge in [0.25, 0.3) is 0 Å². The first-order valence-corrected chi connectivity index (χ1v) is 8.79. The van der Waals surface area contributed by atoms with E-state index in [4.69, 9.17) is 4.74 Å². The third kappa shape index (κ3) is 4.98. The third-order valence-corrected chi connectivity index (χ3v) is 4.49. The van der Waals surface area contributed by atoms with Crippen LogP contribution in [0.15, 0.2) is 24.3 Å². The Bertz CT molecular complexity index is 546. The van der Waals surface area contributed by atoms with Crippen molar-refractivity contribution in [2.24, 2.45) is 5.92 Å². The average Bonchev–Trinajstić information content (AvgIpc) is 2.60. The predicted octanol–water partition coefficient (Wildman–Crippen LogP) is 3.02. The number of carbonyl (C=O) groups excluding carboxylic acids is 2. The van der Waals surface area contributed by atoms with Crippen molar-refractivity contribution in [2.75, 3.05) is 31.6 Å². The average molecular weight is 332 g/mol. The summed E-state index contributed by atoms with van der Waals surface area (Å²) in [6.07, 6.45) is 1.38. The zero-order valence-corrected chi connectivity index (χ0v) is 14.9. The Balaban J connectivity index is 1.76. The van der Waals surface area contributed by atoms with Crippen LogP contribution in [0.5, 0.6) is 0 Å². The molecule has 2 rings (SSSR count). The first kappa shape index (κ1) is 18.3. The second-order valence-electron chi connectivity index (χ2n) is 6.54. The summed E-state index contributed by atoms with van der Waals surface area (Å²) in [7, 11) is 0. The molecule has 0 atom stereocenters. The quantitative estimate of drug-likeness (QED) is 0.814. The Hall–Kier alpha value is -2.04. The van der Waals surface area contributed by atoms with Gasteiger partial charge in [-0.15, -0.1) is 0 Å². The highest BCUT2D eigenvalue weighted by atomic mass is 16.5. The lowest BCUT2D eigenvalue weighted by atomic mass is 9.97. The van der Waals surface area contributed by atoms with Crippen LogP contribution in [0, 0.1) is 5.92 Å². The van der Waals surface area contributed by atoms with Crippen LogP contribution >= 0.6 is 0 Å². The van der Waals surface area contributed by atoms with Crippen LogP contribution in [-0.2, 0) is 14.3 Å². The molecule has 0 unspecified atom stereocenters. The summed E-state index contributed by atoms with van der Waals surface area (Å²) in [4.78, 5) is 25.8. The standard InChI is InChI=1S/C19H28N2O3/c1-4-24-19(23)16-9-11-21(12-10-16)18(22)13-20-17-7-5-15(6-8-17)14(2)3/h5-8,14,16,20H,4,9-13H2,1-3H3. The number of rotatable bonds is 6. The molecular weight excluding hydrogens is 304 g/mol. The van der Waals surface area contributed by atoms with Crippen molar-refractivity contribution in [1.82, 2.24) is 4.90 Å². The van der Waals surface area contributed by atoms with Gasteiger partial charge in [-0.05, 0) is 43.4 Å². The first-order chi connectivity index (χ1) is 11.5. The predicted molar refractivity (Wildman–Crippen MR) is 95.0 cm³/mol. The summed E-state index contributed by atoms with van der Waals surface area (Å²) in [5.41, 5.74) is 2.24. The highest BCUT2D eigenvalue weighted by Gasteiger charge is 2.27. The molecule has 1 heterocycles. The van der Waals surface area contributed by atoms with E-state index in [9.17, 15) is 9.59 Å². The summed E-state index contributed by atoms with van der Waals surface area (Å²) in [5, 5.41) is 3.18. The van der Waals surface area contributed by atoms with E-state index in [1.807, 2.05) is 24.0 Å². The molecule has 5 heteroatoms. The van der Waals surface area contributed by atoms with Gasteiger partial charge >= 0.3 is 5.97 Å². The smallest absolute Gasteiger partial charge is 0.309 e. The summed E-state index contributed by atoms with van der Waals surface area (Å²) in [6, 6.07) is 8.19. The molecule has 1 fully saturated rings. The molecule has 0 radical (unpaired) electrons. The van der Waals surface area contributed by atoms with Crippen molar-refractivity contribution in [3.63, 3.8) is 0 Å². The molecule has 0 saturated carbocycles. The van der Waals surface area contributed by atoms with E-state index in [0.29, 0.717) is 38.5 Å². The maximum atomic E-state index is 12.3. The van der Waals surface area contributed by atoms with Gasteiger partial charge < -0.3 is 15.0 Å². The van der Waals surface area contributed by atoms with E-state index in [0.717, 1.165) is 5.69 Å². The summed E-state index contributed by atoms with van der Waals surface area (Å²) >= 11 is 0. The summed E-state index contributed by atoms with van der Waals surface area (Å²) in [5.74, 6) is 0.380. The van der Waals surface area contributed by atoms with Gasteiger partial charge in [-0.2, -0.15) is 0 Å². The molecule has 24 heavy (non-hydrogen) atoms. The normalized spacial score (nSPS) is 15.4. The Labute approximate surface area is 144 Å². The highest BCUT2D eigenvalue weighted by molar-refractivity contribution is 5.81. The third-order valence-electron chi connectivity index (χ3n) is 4.49. The van der Waals surface area contributed by atoms with Gasteiger partial charge in [-0.1, -0.05) is 26.0 Å². The lowest BCUT2D eigenvalue weighted by molar-refractivity contribution is -0.151. The summed E-state index contributed by atoms with van der Waals surface area (Å²) in [6.45, 7) is 8.07. The molecule has 1 saturated heterocycles. The number of hydrogen-bond donors (Lipinski definition) is 1. The molecular formula is C19H28N2O3. The van der Waals surface area contributed by atoms with Crippen LogP contribution in [0.2, 0.25) is 0 Å². The fourth-order valence-electron chi connectivity index (χ4n) is 2.90. The molecule has 5 nitrogen and oxygen atoms in total. The number of amides is 1. The molecule has 0 bridgehead atoms. The van der Waals surface area contributed by atoms with Gasteiger partial charge in [-0.3, -0.25) is 9.59 Å². The Morgan fingerprint density at radius 3 is 2.38 bits per heavy atom. The minimum atomic E-state index is -0.132. The molecule has 1 N–H and O–H groups in total. The van der Waals surface area contributed by atoms with Gasteiger partial charge in [0.2, 0.25) is 5.91 Å². The number of ether oxygens (including phenoxy) is 1. The van der Waals surface area contributed by atoms with Crippen molar-refractivity contribution in [3.05, 3.63) is 29.8 Å². The van der Waals surface area contributed by atoms with Crippen molar-refractivity contribution >= 4 is 17.6 Å². The maximum Gasteiger partial charge on any atom is 0.309 e. The van der Waals surface area contributed by atoms with Gasteiger partial charge in [0.1, 0.15) is 0 Å². The van der Waals surface area contributed by atoms with Gasteiger partial charge in [0.15, 0.2) is 0 Å². The zero-order chi connectivity index (χ0) is 17.5. The second-order valence-corrected chi connectivity index (χ2v) is 6.54. The highest BCUT2D eigenvalue weighted by Crippen LogP contribution is 2.19. The molecule has 1 amide bonds. The Kier molecular flexibility index (Phi) is 6.64. The maximum absolute atomic E-state index is 12.3. The fourth-order valence-corrected chi connectivity index (χ4v) is 2.90. The van der Waals surface area contributed by atoms with Crippen LogP contribution in [0.25, 0.3) is 0 Å². The number of hydrogen-bond acceptors (Lipinski definition) is 4. The van der Waals surface area contributed by atoms with E-state index in [2.05, 4.69) is 31.3 Å². The topological polar surface area (TPSA) is 58.6 Å². The molecule has 0 spiro atoms. The van der Waals surface area contributed by atoms with Crippen LogP contribution in [0.4, 0.5) is 5.69 Å².